The summed E-state index contributed by atoms with van der Waals surface area (Å²) in [6, 6.07) is 0. The van der Waals surface area contributed by atoms with E-state index in [-0.39, 0.29) is 44.3 Å². The quantitative estimate of drug-likeness (QED) is 0.588. The Morgan fingerprint density at radius 3 is 2.60 bits per heavy atom. The van der Waals surface area contributed by atoms with E-state index in [0.29, 0.717) is 5.92 Å². The van der Waals surface area contributed by atoms with Crippen LogP contribution in [-0.2, 0) is 42.2 Å². The Morgan fingerprint density at radius 1 is 1.60 bits per heavy atom. The van der Waals surface area contributed by atoms with Crippen molar-refractivity contribution in [3.05, 3.63) is 5.92 Å². The van der Waals surface area contributed by atoms with Gasteiger partial charge in [0.1, 0.15) is 5.60 Å². The molecule has 2 unspecified atom stereocenters. The van der Waals surface area contributed by atoms with E-state index in [1.165, 1.54) is 12.8 Å². The first-order valence-corrected chi connectivity index (χ1v) is 5.55. The van der Waals surface area contributed by atoms with Gasteiger partial charge in [0.15, 0.2) is 5.97 Å². The first kappa shape index (κ1) is 15.4. The molecule has 1 fully saturated rings. The van der Waals surface area contributed by atoms with Crippen molar-refractivity contribution in [2.45, 2.75) is 59.0 Å². The summed E-state index contributed by atoms with van der Waals surface area (Å²) < 4.78 is 5.59. The van der Waals surface area contributed by atoms with E-state index >= 15 is 0 Å². The third-order valence-electron chi connectivity index (χ3n) is 3.56. The van der Waals surface area contributed by atoms with Gasteiger partial charge in [0.05, 0.1) is 0 Å². The van der Waals surface area contributed by atoms with E-state index in [0.717, 1.165) is 18.8 Å². The molecule has 3 heteroatoms. The molecule has 1 saturated carbocycles. The molecule has 0 saturated heterocycles. The number of esters is 1. The van der Waals surface area contributed by atoms with Gasteiger partial charge in [-0.25, -0.2) is 0 Å². The van der Waals surface area contributed by atoms with Gasteiger partial charge in [-0.15, -0.1) is 0 Å². The number of rotatable bonds is 3. The Hall–Kier alpha value is 0.444. The maximum atomic E-state index is 11.6. The van der Waals surface area contributed by atoms with Gasteiger partial charge in [0.25, 0.3) is 0 Å². The van der Waals surface area contributed by atoms with Crippen LogP contribution in [0.3, 0.4) is 0 Å². The van der Waals surface area contributed by atoms with Crippen molar-refractivity contribution in [3.8, 4) is 0 Å². The van der Waals surface area contributed by atoms with Crippen molar-refractivity contribution < 1.29 is 42.2 Å². The maximum absolute atomic E-state index is 11.6. The van der Waals surface area contributed by atoms with E-state index < -0.39 is 0 Å². The molecule has 1 radical (unpaired) electrons. The molecule has 1 aliphatic carbocycles. The van der Waals surface area contributed by atoms with E-state index in [9.17, 15) is 4.79 Å². The number of carbonyl (C=O) groups is 1. The van der Waals surface area contributed by atoms with Crippen molar-refractivity contribution in [2.24, 2.45) is 5.92 Å². The molecule has 0 aliphatic heterocycles. The van der Waals surface area contributed by atoms with Crippen LogP contribution in [0.1, 0.15) is 53.4 Å². The van der Waals surface area contributed by atoms with Gasteiger partial charge < -0.3 is 4.74 Å². The fourth-order valence-corrected chi connectivity index (χ4v) is 1.91. The normalized spacial score (nSPS) is 29.5. The molecule has 0 spiro atoms. The molecule has 0 amide bonds. The number of hydrogen-bond donors (Lipinski definition) is 0. The van der Waals surface area contributed by atoms with Crippen LogP contribution in [0.4, 0.5) is 0 Å². The first-order valence-electron chi connectivity index (χ1n) is 5.55. The minimum Gasteiger partial charge on any atom is -0.482 e. The molecule has 2 atom stereocenters. The molecular weight excluding hydrogens is 265 g/mol. The predicted molar refractivity (Wildman–Crippen MR) is 56.7 cm³/mol. The van der Waals surface area contributed by atoms with Crippen LogP contribution in [0.5, 0.6) is 0 Å². The van der Waals surface area contributed by atoms with Crippen LogP contribution >= 0.6 is 0 Å². The standard InChI is InChI=1S/C12H21O2.Y/c1-5-9(2)11(13)14-12(4)8-6-7-10(12)3;/h10H,5-8H2,1-4H3;/q-1;. The fourth-order valence-electron chi connectivity index (χ4n) is 1.91. The van der Waals surface area contributed by atoms with Crippen LogP contribution in [0.25, 0.3) is 0 Å². The average molecular weight is 286 g/mol. The van der Waals surface area contributed by atoms with Crippen LogP contribution in [0.15, 0.2) is 0 Å². The average Bonchev–Trinajstić information content (AvgIpc) is 2.45. The van der Waals surface area contributed by atoms with Crippen molar-refractivity contribution in [1.82, 2.24) is 0 Å². The van der Waals surface area contributed by atoms with Crippen molar-refractivity contribution in [1.29, 1.82) is 0 Å². The first-order chi connectivity index (χ1) is 6.49. The van der Waals surface area contributed by atoms with Crippen molar-refractivity contribution in [2.75, 3.05) is 0 Å². The van der Waals surface area contributed by atoms with Gasteiger partial charge in [-0.2, -0.15) is 13.3 Å². The Bertz CT molecular complexity index is 218. The SMILES string of the molecule is CC[C-](C)C(=O)OC1(C)CCCC1C.[Y]. The maximum Gasteiger partial charge on any atom is 0.170 e. The molecule has 85 valence electrons. The molecule has 0 aromatic heterocycles. The second-order valence-corrected chi connectivity index (χ2v) is 4.63. The van der Waals surface area contributed by atoms with Crippen LogP contribution in [0.2, 0.25) is 0 Å². The minimum atomic E-state index is -0.215. The minimum absolute atomic E-state index is 0. The van der Waals surface area contributed by atoms with Gasteiger partial charge in [-0.05, 0) is 32.1 Å². The Kier molecular flexibility index (Phi) is 6.43. The zero-order chi connectivity index (χ0) is 10.8. The van der Waals surface area contributed by atoms with Crippen molar-refractivity contribution >= 4 is 5.97 Å². The Balaban J connectivity index is 0.00000196. The molecule has 1 rings (SSSR count). The fraction of sp³-hybridized carbons (Fsp3) is 0.833. The summed E-state index contributed by atoms with van der Waals surface area (Å²) in [5.41, 5.74) is -0.215. The molecule has 15 heavy (non-hydrogen) atoms. The van der Waals surface area contributed by atoms with Crippen LogP contribution in [0, 0.1) is 11.8 Å². The monoisotopic (exact) mass is 286 g/mol. The van der Waals surface area contributed by atoms with E-state index in [4.69, 9.17) is 4.74 Å². The molecule has 0 heterocycles. The summed E-state index contributed by atoms with van der Waals surface area (Å²) in [6.45, 7) is 8.06. The summed E-state index contributed by atoms with van der Waals surface area (Å²) in [6.07, 6.45) is 4.14. The summed E-state index contributed by atoms with van der Waals surface area (Å²) >= 11 is 0. The second kappa shape index (κ2) is 6.25. The Morgan fingerprint density at radius 2 is 2.20 bits per heavy atom. The predicted octanol–water partition coefficient (Wildman–Crippen LogP) is 3.11. The second-order valence-electron chi connectivity index (χ2n) is 4.63. The van der Waals surface area contributed by atoms with Gasteiger partial charge in [0, 0.05) is 32.7 Å². The molecule has 0 aromatic rings. The van der Waals surface area contributed by atoms with Gasteiger partial charge in [-0.3, -0.25) is 10.7 Å². The summed E-state index contributed by atoms with van der Waals surface area (Å²) in [7, 11) is 0. The number of ether oxygens (including phenoxy) is 1. The largest absolute Gasteiger partial charge is 0.482 e. The van der Waals surface area contributed by atoms with Crippen molar-refractivity contribution in [3.63, 3.8) is 0 Å². The molecule has 0 bridgehead atoms. The molecule has 0 aromatic carbocycles. The molecule has 2 nitrogen and oxygen atoms in total. The summed E-state index contributed by atoms with van der Waals surface area (Å²) in [5, 5.41) is 0. The third-order valence-corrected chi connectivity index (χ3v) is 3.56. The third kappa shape index (κ3) is 3.74. The van der Waals surface area contributed by atoms with Crippen LogP contribution < -0.4 is 0 Å². The molecule has 0 N–H and O–H groups in total. The smallest absolute Gasteiger partial charge is 0.170 e. The molecule has 1 aliphatic rings. The molecular formula is C12H21O2Y-. The van der Waals surface area contributed by atoms with E-state index in [1.807, 2.05) is 13.8 Å². The Labute approximate surface area is 118 Å². The van der Waals surface area contributed by atoms with Gasteiger partial charge >= 0.3 is 0 Å². The van der Waals surface area contributed by atoms with E-state index in [2.05, 4.69) is 13.8 Å². The summed E-state index contributed by atoms with van der Waals surface area (Å²) in [4.78, 5) is 11.6. The van der Waals surface area contributed by atoms with Crippen LogP contribution in [-0.4, -0.2) is 11.6 Å². The number of hydrogen-bond acceptors (Lipinski definition) is 2. The zero-order valence-corrected chi connectivity index (χ0v) is 13.1. The summed E-state index contributed by atoms with van der Waals surface area (Å²) in [5.74, 6) is 1.21. The number of carbonyl (C=O) groups excluding carboxylic acids is 1. The zero-order valence-electron chi connectivity index (χ0n) is 10.3. The topological polar surface area (TPSA) is 26.3 Å². The van der Waals surface area contributed by atoms with E-state index in [1.54, 1.807) is 0 Å². The van der Waals surface area contributed by atoms with Gasteiger partial charge in [0.2, 0.25) is 0 Å². The van der Waals surface area contributed by atoms with Gasteiger partial charge in [-0.1, -0.05) is 13.8 Å².